The normalized spacial score (nSPS) is 34.2. The molecule has 3 atom stereocenters. The van der Waals surface area contributed by atoms with Gasteiger partial charge in [-0.25, -0.2) is 9.97 Å². The summed E-state index contributed by atoms with van der Waals surface area (Å²) in [6.07, 6.45) is 5.61. The van der Waals surface area contributed by atoms with E-state index < -0.39 is 0 Å². The van der Waals surface area contributed by atoms with Crippen molar-refractivity contribution in [3.05, 3.63) is 11.9 Å². The van der Waals surface area contributed by atoms with Crippen LogP contribution in [-0.2, 0) is 0 Å². The molecule has 3 unspecified atom stereocenters. The van der Waals surface area contributed by atoms with E-state index in [2.05, 4.69) is 36.1 Å². The number of ether oxygens (including phenoxy) is 1. The molecule has 2 aliphatic rings. The van der Waals surface area contributed by atoms with Gasteiger partial charge < -0.3 is 10.1 Å². The molecule has 20 heavy (non-hydrogen) atoms. The highest BCUT2D eigenvalue weighted by atomic mass is 16.5. The van der Waals surface area contributed by atoms with Crippen LogP contribution in [0.25, 0.3) is 0 Å². The Hall–Kier alpha value is -1.32. The van der Waals surface area contributed by atoms with E-state index >= 15 is 0 Å². The van der Waals surface area contributed by atoms with Crippen LogP contribution in [0, 0.1) is 23.7 Å². The van der Waals surface area contributed by atoms with Crippen molar-refractivity contribution in [3.8, 4) is 5.88 Å². The van der Waals surface area contributed by atoms with Crippen molar-refractivity contribution in [1.82, 2.24) is 9.97 Å². The largest absolute Gasteiger partial charge is 0.473 e. The molecule has 0 saturated heterocycles. The number of anilines is 1. The molecule has 1 N–H and O–H groups in total. The van der Waals surface area contributed by atoms with E-state index in [1.165, 1.54) is 12.8 Å². The molecule has 2 bridgehead atoms. The third-order valence-electron chi connectivity index (χ3n) is 6.24. The number of fused-ring (bicyclic) bond motifs is 2. The van der Waals surface area contributed by atoms with Gasteiger partial charge >= 0.3 is 0 Å². The van der Waals surface area contributed by atoms with Gasteiger partial charge in [-0.05, 0) is 37.5 Å². The Morgan fingerprint density at radius 1 is 1.30 bits per heavy atom. The summed E-state index contributed by atoms with van der Waals surface area (Å²) in [5, 5.41) is 3.09. The topological polar surface area (TPSA) is 47.0 Å². The molecule has 1 aromatic rings. The molecule has 0 aliphatic heterocycles. The number of aromatic nitrogens is 2. The fraction of sp³-hybridized carbons (Fsp3) is 0.750. The minimum Gasteiger partial charge on any atom is -0.473 e. The van der Waals surface area contributed by atoms with Gasteiger partial charge in [-0.2, -0.15) is 0 Å². The molecule has 1 heterocycles. The first-order valence-electron chi connectivity index (χ1n) is 7.56. The van der Waals surface area contributed by atoms with Crippen molar-refractivity contribution in [2.45, 2.75) is 53.1 Å². The first kappa shape index (κ1) is 13.7. The lowest BCUT2D eigenvalue weighted by Gasteiger charge is -2.38. The molecule has 3 rings (SSSR count). The second-order valence-corrected chi connectivity index (χ2v) is 7.12. The Balaban J connectivity index is 1.87. The van der Waals surface area contributed by atoms with E-state index in [4.69, 9.17) is 4.74 Å². The summed E-state index contributed by atoms with van der Waals surface area (Å²) in [5.74, 6) is 2.37. The Labute approximate surface area is 121 Å². The summed E-state index contributed by atoms with van der Waals surface area (Å²) in [5.41, 5.74) is 1.62. The van der Waals surface area contributed by atoms with Crippen LogP contribution in [0.15, 0.2) is 6.33 Å². The van der Waals surface area contributed by atoms with E-state index in [1.54, 1.807) is 6.33 Å². The molecule has 4 heteroatoms. The van der Waals surface area contributed by atoms with Gasteiger partial charge in [-0.15, -0.1) is 0 Å². The maximum Gasteiger partial charge on any atom is 0.221 e. The second kappa shape index (κ2) is 4.34. The Morgan fingerprint density at radius 2 is 2.05 bits per heavy atom. The number of hydrogen-bond donors (Lipinski definition) is 1. The highest BCUT2D eigenvalue weighted by Crippen LogP contribution is 2.66. The van der Waals surface area contributed by atoms with E-state index in [-0.39, 0.29) is 11.5 Å². The second-order valence-electron chi connectivity index (χ2n) is 7.12. The highest BCUT2D eigenvalue weighted by molar-refractivity contribution is 5.47. The lowest BCUT2D eigenvalue weighted by molar-refractivity contribution is 0.0268. The van der Waals surface area contributed by atoms with Crippen LogP contribution in [0.2, 0.25) is 0 Å². The van der Waals surface area contributed by atoms with Crippen LogP contribution in [0.3, 0.4) is 0 Å². The average molecular weight is 275 g/mol. The summed E-state index contributed by atoms with van der Waals surface area (Å²) in [4.78, 5) is 8.56. The maximum absolute atomic E-state index is 6.33. The average Bonchev–Trinajstić information content (AvgIpc) is 2.74. The van der Waals surface area contributed by atoms with Crippen LogP contribution >= 0.6 is 0 Å². The fourth-order valence-electron chi connectivity index (χ4n) is 4.25. The smallest absolute Gasteiger partial charge is 0.221 e. The van der Waals surface area contributed by atoms with Gasteiger partial charge in [0.15, 0.2) is 0 Å². The zero-order chi connectivity index (χ0) is 14.5. The number of nitrogens with one attached hydrogen (secondary N) is 1. The monoisotopic (exact) mass is 275 g/mol. The lowest BCUT2D eigenvalue weighted by Crippen LogP contribution is -2.39. The SMILES string of the molecule is CNc1ncnc(OC2CC3CCC2(C)C3(C)C)c1C. The molecule has 2 fully saturated rings. The number of nitrogens with zero attached hydrogens (tertiary/aromatic N) is 2. The van der Waals surface area contributed by atoms with E-state index in [1.807, 2.05) is 14.0 Å². The molecule has 0 radical (unpaired) electrons. The van der Waals surface area contributed by atoms with Crippen molar-refractivity contribution in [1.29, 1.82) is 0 Å². The minimum absolute atomic E-state index is 0.259. The van der Waals surface area contributed by atoms with Crippen LogP contribution < -0.4 is 10.1 Å². The van der Waals surface area contributed by atoms with Crippen molar-refractivity contribution in [2.24, 2.45) is 16.7 Å². The quantitative estimate of drug-likeness (QED) is 0.918. The predicted molar refractivity (Wildman–Crippen MR) is 80.0 cm³/mol. The Kier molecular flexibility index (Phi) is 2.96. The van der Waals surface area contributed by atoms with Gasteiger partial charge in [0.05, 0.1) is 5.56 Å². The Bertz CT molecular complexity index is 528. The molecule has 0 spiro atoms. The molecule has 2 aliphatic carbocycles. The van der Waals surface area contributed by atoms with Gasteiger partial charge in [0, 0.05) is 12.5 Å². The third kappa shape index (κ3) is 1.66. The summed E-state index contributed by atoms with van der Waals surface area (Å²) in [7, 11) is 1.88. The maximum atomic E-state index is 6.33. The standard InChI is InChI=1S/C16H25N3O/c1-10-13(17-5)18-9-19-14(10)20-12-8-11-6-7-16(12,4)15(11,2)3/h9,11-12H,6-8H2,1-5H3,(H,17,18,19). The number of hydrogen-bond acceptors (Lipinski definition) is 4. The van der Waals surface area contributed by atoms with Crippen LogP contribution in [0.4, 0.5) is 5.82 Å². The van der Waals surface area contributed by atoms with Gasteiger partial charge in [0.1, 0.15) is 18.2 Å². The predicted octanol–water partition coefficient (Wildman–Crippen LogP) is 3.42. The summed E-state index contributed by atoms with van der Waals surface area (Å²) < 4.78 is 6.33. The van der Waals surface area contributed by atoms with Crippen molar-refractivity contribution < 1.29 is 4.74 Å². The van der Waals surface area contributed by atoms with Gasteiger partial charge in [0.25, 0.3) is 0 Å². The molecule has 0 aromatic carbocycles. The van der Waals surface area contributed by atoms with Gasteiger partial charge in [-0.3, -0.25) is 0 Å². The molecule has 1 aromatic heterocycles. The first-order valence-corrected chi connectivity index (χ1v) is 7.56. The van der Waals surface area contributed by atoms with Crippen molar-refractivity contribution in [2.75, 3.05) is 12.4 Å². The van der Waals surface area contributed by atoms with Gasteiger partial charge in [0.2, 0.25) is 5.88 Å². The van der Waals surface area contributed by atoms with E-state index in [9.17, 15) is 0 Å². The molecule has 110 valence electrons. The molecule has 0 amide bonds. The fourth-order valence-corrected chi connectivity index (χ4v) is 4.25. The highest BCUT2D eigenvalue weighted by Gasteiger charge is 2.62. The minimum atomic E-state index is 0.259. The summed E-state index contributed by atoms with van der Waals surface area (Å²) in [6.45, 7) is 9.21. The molecular formula is C16H25N3O. The van der Waals surface area contributed by atoms with Gasteiger partial charge in [-0.1, -0.05) is 20.8 Å². The molecule has 4 nitrogen and oxygen atoms in total. The van der Waals surface area contributed by atoms with Crippen LogP contribution in [0.1, 0.15) is 45.6 Å². The molecule has 2 saturated carbocycles. The zero-order valence-electron chi connectivity index (χ0n) is 13.2. The van der Waals surface area contributed by atoms with Crippen LogP contribution in [-0.4, -0.2) is 23.1 Å². The number of rotatable bonds is 3. The lowest BCUT2D eigenvalue weighted by atomic mass is 9.70. The van der Waals surface area contributed by atoms with Crippen molar-refractivity contribution >= 4 is 5.82 Å². The third-order valence-corrected chi connectivity index (χ3v) is 6.24. The Morgan fingerprint density at radius 3 is 2.60 bits per heavy atom. The van der Waals surface area contributed by atoms with E-state index in [0.717, 1.165) is 29.6 Å². The zero-order valence-corrected chi connectivity index (χ0v) is 13.2. The van der Waals surface area contributed by atoms with Crippen molar-refractivity contribution in [3.63, 3.8) is 0 Å². The summed E-state index contributed by atoms with van der Waals surface area (Å²) >= 11 is 0. The summed E-state index contributed by atoms with van der Waals surface area (Å²) in [6, 6.07) is 0. The first-order chi connectivity index (χ1) is 9.40. The van der Waals surface area contributed by atoms with E-state index in [0.29, 0.717) is 5.41 Å². The molecular weight excluding hydrogens is 250 g/mol. The van der Waals surface area contributed by atoms with Crippen LogP contribution in [0.5, 0.6) is 5.88 Å².